The summed E-state index contributed by atoms with van der Waals surface area (Å²) in [5.41, 5.74) is -0.142. The van der Waals surface area contributed by atoms with E-state index in [1.54, 1.807) is 4.90 Å². The zero-order chi connectivity index (χ0) is 20.7. The summed E-state index contributed by atoms with van der Waals surface area (Å²) in [6.07, 6.45) is 1.58. The van der Waals surface area contributed by atoms with Gasteiger partial charge < -0.3 is 19.3 Å². The van der Waals surface area contributed by atoms with Crippen molar-refractivity contribution in [2.75, 3.05) is 19.6 Å². The van der Waals surface area contributed by atoms with Gasteiger partial charge in [0.25, 0.3) is 5.91 Å². The van der Waals surface area contributed by atoms with Crippen molar-refractivity contribution in [3.05, 3.63) is 27.3 Å². The molecule has 1 aromatic rings. The highest BCUT2D eigenvalue weighted by atomic mass is 127. The number of carbonyl (C=O) groups is 2. The third kappa shape index (κ3) is 4.72. The molecule has 2 aliphatic rings. The van der Waals surface area contributed by atoms with Crippen LogP contribution in [0.15, 0.2) is 18.2 Å². The normalized spacial score (nSPS) is 18.4. The van der Waals surface area contributed by atoms with E-state index in [0.29, 0.717) is 25.2 Å². The van der Waals surface area contributed by atoms with E-state index in [1.807, 2.05) is 57.7 Å². The van der Waals surface area contributed by atoms with Gasteiger partial charge in [0.1, 0.15) is 11.4 Å². The Morgan fingerprint density at radius 2 is 1.86 bits per heavy atom. The summed E-state index contributed by atoms with van der Waals surface area (Å²) in [6, 6.07) is 5.61. The van der Waals surface area contributed by atoms with Gasteiger partial charge in [-0.1, -0.05) is 0 Å². The number of ether oxygens (including phenoxy) is 2. The number of rotatable bonds is 3. The van der Waals surface area contributed by atoms with Crippen molar-refractivity contribution < 1.29 is 19.1 Å². The van der Waals surface area contributed by atoms with Gasteiger partial charge in [-0.3, -0.25) is 4.79 Å². The lowest BCUT2D eigenvalue weighted by molar-refractivity contribution is 0.000630. The second kappa shape index (κ2) is 7.72. The molecule has 1 aliphatic carbocycles. The highest BCUT2D eigenvalue weighted by Crippen LogP contribution is 2.45. The molecule has 0 unspecified atom stereocenters. The first kappa shape index (κ1) is 21.2. The van der Waals surface area contributed by atoms with Crippen molar-refractivity contribution >= 4 is 34.6 Å². The summed E-state index contributed by atoms with van der Waals surface area (Å²) in [5, 5.41) is 0. The number of carbonyl (C=O) groups excluding carboxylic acids is 2. The van der Waals surface area contributed by atoms with Crippen LogP contribution in [0.4, 0.5) is 4.79 Å². The number of halogens is 1. The molecule has 1 aliphatic heterocycles. The van der Waals surface area contributed by atoms with Gasteiger partial charge in [0.05, 0.1) is 15.2 Å². The number of hydrogen-bond donors (Lipinski definition) is 0. The van der Waals surface area contributed by atoms with Gasteiger partial charge in [0.15, 0.2) is 0 Å². The summed E-state index contributed by atoms with van der Waals surface area (Å²) < 4.78 is 12.3. The van der Waals surface area contributed by atoms with Crippen LogP contribution in [0.5, 0.6) is 5.75 Å². The molecule has 0 radical (unpaired) electrons. The van der Waals surface area contributed by atoms with Crippen molar-refractivity contribution in [3.63, 3.8) is 0 Å². The predicted octanol–water partition coefficient (Wildman–Crippen LogP) is 4.30. The maximum Gasteiger partial charge on any atom is 0.410 e. The monoisotopic (exact) mass is 500 g/mol. The molecule has 3 rings (SSSR count). The summed E-state index contributed by atoms with van der Waals surface area (Å²) >= 11 is 2.22. The lowest BCUT2D eigenvalue weighted by Crippen LogP contribution is -2.58. The molecule has 7 heteroatoms. The molecule has 154 valence electrons. The van der Waals surface area contributed by atoms with Gasteiger partial charge >= 0.3 is 6.09 Å². The van der Waals surface area contributed by atoms with Gasteiger partial charge in [-0.15, -0.1) is 0 Å². The summed E-state index contributed by atoms with van der Waals surface area (Å²) in [5.74, 6) is 0.741. The van der Waals surface area contributed by atoms with E-state index in [2.05, 4.69) is 22.6 Å². The van der Waals surface area contributed by atoms with E-state index in [1.165, 1.54) is 0 Å². The van der Waals surface area contributed by atoms with Crippen LogP contribution < -0.4 is 4.74 Å². The molecular formula is C21H29IN2O4. The van der Waals surface area contributed by atoms with Crippen LogP contribution in [0.3, 0.4) is 0 Å². The van der Waals surface area contributed by atoms with Crippen LogP contribution in [-0.2, 0) is 4.74 Å². The summed E-state index contributed by atoms with van der Waals surface area (Å²) in [4.78, 5) is 29.4. The molecule has 1 saturated carbocycles. The van der Waals surface area contributed by atoms with Crippen molar-refractivity contribution in [1.29, 1.82) is 0 Å². The quantitative estimate of drug-likeness (QED) is 0.581. The smallest absolute Gasteiger partial charge is 0.410 e. The molecule has 1 saturated heterocycles. The minimum absolute atomic E-state index is 0.00587. The van der Waals surface area contributed by atoms with Crippen LogP contribution in [0.2, 0.25) is 0 Å². The summed E-state index contributed by atoms with van der Waals surface area (Å²) in [6.45, 7) is 11.1. The molecule has 1 heterocycles. The average molecular weight is 500 g/mol. The van der Waals surface area contributed by atoms with Gasteiger partial charge in [-0.05, 0) is 88.3 Å². The number of amides is 2. The Kier molecular flexibility index (Phi) is 5.85. The van der Waals surface area contributed by atoms with Gasteiger partial charge in [0, 0.05) is 25.2 Å². The third-order valence-corrected chi connectivity index (χ3v) is 5.81. The minimum atomic E-state index is -0.519. The van der Waals surface area contributed by atoms with Gasteiger partial charge in [-0.25, -0.2) is 4.79 Å². The fourth-order valence-corrected chi connectivity index (χ4v) is 3.95. The van der Waals surface area contributed by atoms with E-state index in [-0.39, 0.29) is 23.6 Å². The number of benzene rings is 1. The first-order valence-electron chi connectivity index (χ1n) is 9.77. The van der Waals surface area contributed by atoms with Crippen molar-refractivity contribution in [3.8, 4) is 5.75 Å². The average Bonchev–Trinajstić information content (AvgIpc) is 3.33. The van der Waals surface area contributed by atoms with E-state index >= 15 is 0 Å². The lowest BCUT2D eigenvalue weighted by Gasteiger charge is -2.42. The fourth-order valence-electron chi connectivity index (χ4n) is 3.49. The van der Waals surface area contributed by atoms with Crippen molar-refractivity contribution in [1.82, 2.24) is 9.80 Å². The summed E-state index contributed by atoms with van der Waals surface area (Å²) in [7, 11) is 0. The number of nitrogens with zero attached hydrogens (tertiary/aromatic N) is 2. The van der Waals surface area contributed by atoms with Crippen LogP contribution in [0.1, 0.15) is 57.8 Å². The van der Waals surface area contributed by atoms with Crippen LogP contribution in [0.25, 0.3) is 0 Å². The lowest BCUT2D eigenvalue weighted by atomic mass is 10.1. The van der Waals surface area contributed by atoms with Crippen LogP contribution in [0, 0.1) is 3.57 Å². The van der Waals surface area contributed by atoms with Crippen LogP contribution in [-0.4, -0.2) is 58.7 Å². The Morgan fingerprint density at radius 1 is 1.18 bits per heavy atom. The van der Waals surface area contributed by atoms with Crippen molar-refractivity contribution in [2.45, 2.75) is 64.7 Å². The third-order valence-electron chi connectivity index (χ3n) is 4.92. The molecular weight excluding hydrogens is 471 g/mol. The first-order chi connectivity index (χ1) is 13.0. The molecule has 0 N–H and O–H groups in total. The van der Waals surface area contributed by atoms with E-state index in [9.17, 15) is 9.59 Å². The molecule has 0 bridgehead atoms. The highest BCUT2D eigenvalue weighted by Gasteiger charge is 2.54. The van der Waals surface area contributed by atoms with E-state index in [0.717, 1.165) is 22.2 Å². The maximum atomic E-state index is 13.2. The Bertz CT molecular complexity index is 768. The molecule has 2 fully saturated rings. The Labute approximate surface area is 180 Å². The highest BCUT2D eigenvalue weighted by molar-refractivity contribution is 14.1. The molecule has 28 heavy (non-hydrogen) atoms. The Morgan fingerprint density at radius 3 is 2.43 bits per heavy atom. The zero-order valence-corrected chi connectivity index (χ0v) is 19.4. The minimum Gasteiger partial charge on any atom is -0.490 e. The van der Waals surface area contributed by atoms with E-state index in [4.69, 9.17) is 9.47 Å². The molecule has 1 spiro atoms. The first-order valence-corrected chi connectivity index (χ1v) is 10.8. The van der Waals surface area contributed by atoms with Gasteiger partial charge in [-0.2, -0.15) is 0 Å². The standard InChI is InChI=1S/C21H29IN2O4/c1-14(2)27-17-12-15(6-7-16(17)22)18(25)24-11-10-23(13-21(24)8-9-21)19(26)28-20(3,4)5/h6-7,12,14H,8-11,13H2,1-5H3. The Hall–Kier alpha value is -1.51. The zero-order valence-electron chi connectivity index (χ0n) is 17.3. The van der Waals surface area contributed by atoms with Crippen LogP contribution >= 0.6 is 22.6 Å². The maximum absolute atomic E-state index is 13.2. The molecule has 0 aromatic heterocycles. The largest absolute Gasteiger partial charge is 0.490 e. The second-order valence-corrected chi connectivity index (χ2v) is 10.1. The van der Waals surface area contributed by atoms with Crippen molar-refractivity contribution in [2.24, 2.45) is 0 Å². The SMILES string of the molecule is CC(C)Oc1cc(C(=O)N2CCN(C(=O)OC(C)(C)C)CC23CC3)ccc1I. The molecule has 1 aromatic carbocycles. The molecule has 0 atom stereocenters. The second-order valence-electron chi connectivity index (χ2n) is 8.89. The topological polar surface area (TPSA) is 59.1 Å². The number of hydrogen-bond acceptors (Lipinski definition) is 4. The molecule has 2 amide bonds. The predicted molar refractivity (Wildman–Crippen MR) is 116 cm³/mol. The van der Waals surface area contributed by atoms with Gasteiger partial charge in [0.2, 0.25) is 0 Å². The number of piperazine rings is 1. The Balaban J connectivity index is 1.74. The molecule has 6 nitrogen and oxygen atoms in total. The van der Waals surface area contributed by atoms with E-state index < -0.39 is 5.60 Å². The fraction of sp³-hybridized carbons (Fsp3) is 0.619.